The molecule has 0 amide bonds. The van der Waals surface area contributed by atoms with E-state index in [1.807, 2.05) is 6.92 Å². The third kappa shape index (κ3) is 6.90. The minimum absolute atomic E-state index is 0.0915. The summed E-state index contributed by atoms with van der Waals surface area (Å²) in [5.74, 6) is -0.776. The summed E-state index contributed by atoms with van der Waals surface area (Å²) in [6, 6.07) is 20.0. The lowest BCUT2D eigenvalue weighted by molar-refractivity contribution is -0.153. The Bertz CT molecular complexity index is 1490. The number of carbonyl (C=O) groups excluding carboxylic acids is 1. The number of carbonyl (C=O) groups is 1. The molecule has 3 aromatic carbocycles. The lowest BCUT2D eigenvalue weighted by atomic mass is 10.1. The summed E-state index contributed by atoms with van der Waals surface area (Å²) in [6.45, 7) is 2.97. The third-order valence-electron chi connectivity index (χ3n) is 6.00. The molecular formula is C27H28O10S2. The maximum absolute atomic E-state index is 13.2. The number of aryl methyl sites for hydroxylation is 2. The van der Waals surface area contributed by atoms with Crippen LogP contribution in [0.25, 0.3) is 0 Å². The smallest absolute Gasteiger partial charge is 0.338 e. The van der Waals surface area contributed by atoms with Crippen molar-refractivity contribution in [2.24, 2.45) is 0 Å². The molecule has 1 aliphatic heterocycles. The number of hydrogen-bond donors (Lipinski definition) is 0. The van der Waals surface area contributed by atoms with Crippen LogP contribution in [0.2, 0.25) is 0 Å². The van der Waals surface area contributed by atoms with Crippen LogP contribution in [0, 0.1) is 13.8 Å². The molecule has 0 aromatic heterocycles. The fraction of sp³-hybridized carbons (Fsp3) is 0.296. The summed E-state index contributed by atoms with van der Waals surface area (Å²) in [4.78, 5) is 12.6. The van der Waals surface area contributed by atoms with Gasteiger partial charge in [-0.25, -0.2) is 4.79 Å². The highest BCUT2D eigenvalue weighted by Crippen LogP contribution is 2.32. The van der Waals surface area contributed by atoms with Crippen molar-refractivity contribution in [3.8, 4) is 0 Å². The second-order valence-corrected chi connectivity index (χ2v) is 12.1. The van der Waals surface area contributed by atoms with E-state index in [0.29, 0.717) is 0 Å². The highest BCUT2D eigenvalue weighted by molar-refractivity contribution is 7.87. The Labute approximate surface area is 227 Å². The molecule has 208 valence electrons. The van der Waals surface area contributed by atoms with E-state index < -0.39 is 57.4 Å². The van der Waals surface area contributed by atoms with Crippen LogP contribution in [0.3, 0.4) is 0 Å². The second-order valence-electron chi connectivity index (χ2n) is 8.89. The molecule has 1 fully saturated rings. The van der Waals surface area contributed by atoms with E-state index in [2.05, 4.69) is 0 Å². The van der Waals surface area contributed by atoms with Gasteiger partial charge in [-0.1, -0.05) is 53.6 Å². The molecular weight excluding hydrogens is 548 g/mol. The van der Waals surface area contributed by atoms with Gasteiger partial charge in [0.1, 0.15) is 12.2 Å². The molecule has 39 heavy (non-hydrogen) atoms. The fourth-order valence-corrected chi connectivity index (χ4v) is 5.88. The predicted octanol–water partition coefficient (Wildman–Crippen LogP) is 3.38. The monoisotopic (exact) mass is 576 g/mol. The Morgan fingerprint density at radius 2 is 1.31 bits per heavy atom. The van der Waals surface area contributed by atoms with E-state index in [-0.39, 0.29) is 15.4 Å². The van der Waals surface area contributed by atoms with Crippen LogP contribution in [0.4, 0.5) is 0 Å². The maximum Gasteiger partial charge on any atom is 0.338 e. The molecule has 1 saturated heterocycles. The van der Waals surface area contributed by atoms with Crippen LogP contribution in [0.1, 0.15) is 21.5 Å². The molecule has 12 heteroatoms. The maximum atomic E-state index is 13.2. The van der Waals surface area contributed by atoms with E-state index in [0.717, 1.165) is 11.1 Å². The highest BCUT2D eigenvalue weighted by atomic mass is 32.2. The zero-order chi connectivity index (χ0) is 28.2. The third-order valence-corrected chi connectivity index (χ3v) is 8.62. The van der Waals surface area contributed by atoms with E-state index in [9.17, 15) is 21.6 Å². The Balaban J connectivity index is 1.62. The molecule has 1 aliphatic rings. The van der Waals surface area contributed by atoms with Crippen LogP contribution in [-0.2, 0) is 42.8 Å². The van der Waals surface area contributed by atoms with Gasteiger partial charge >= 0.3 is 5.97 Å². The van der Waals surface area contributed by atoms with E-state index in [4.69, 9.17) is 22.6 Å². The first-order valence-corrected chi connectivity index (χ1v) is 14.7. The van der Waals surface area contributed by atoms with Crippen molar-refractivity contribution < 1.29 is 44.2 Å². The van der Waals surface area contributed by atoms with Crippen LogP contribution in [-0.4, -0.2) is 61.1 Å². The minimum atomic E-state index is -4.40. The van der Waals surface area contributed by atoms with Crippen LogP contribution < -0.4 is 0 Å². The molecule has 3 aromatic rings. The van der Waals surface area contributed by atoms with Gasteiger partial charge in [0.2, 0.25) is 0 Å². The van der Waals surface area contributed by atoms with Crippen molar-refractivity contribution in [1.29, 1.82) is 0 Å². The topological polar surface area (TPSA) is 132 Å². The lowest BCUT2D eigenvalue weighted by Crippen LogP contribution is -2.42. The average Bonchev–Trinajstić information content (AvgIpc) is 3.23. The van der Waals surface area contributed by atoms with Gasteiger partial charge < -0.3 is 14.2 Å². The highest BCUT2D eigenvalue weighted by Gasteiger charge is 2.51. The Kier molecular flexibility index (Phi) is 8.84. The summed E-state index contributed by atoms with van der Waals surface area (Å²) >= 11 is 0. The van der Waals surface area contributed by atoms with Crippen LogP contribution >= 0.6 is 0 Å². The standard InChI is InChI=1S/C27H28O10S2/c1-18-9-13-21(14-10-18)38(29,30)34-17-23-24(37-39(31,32)22-15-11-19(2)12-16-22)25(27(33-3)35-23)36-26(28)20-7-5-4-6-8-20/h4-16,23-25,27H,17H2,1-3H3/t23-,24+,25+,27-/m1/s1. The van der Waals surface area contributed by atoms with Gasteiger partial charge in [0.25, 0.3) is 20.2 Å². The number of methoxy groups -OCH3 is 1. The Morgan fingerprint density at radius 3 is 1.85 bits per heavy atom. The van der Waals surface area contributed by atoms with Gasteiger partial charge in [-0.05, 0) is 50.2 Å². The van der Waals surface area contributed by atoms with Crippen molar-refractivity contribution in [2.75, 3.05) is 13.7 Å². The largest absolute Gasteiger partial charge is 0.450 e. The van der Waals surface area contributed by atoms with Crippen molar-refractivity contribution in [3.05, 3.63) is 95.6 Å². The molecule has 0 N–H and O–H groups in total. The van der Waals surface area contributed by atoms with Gasteiger partial charge in [-0.2, -0.15) is 16.8 Å². The van der Waals surface area contributed by atoms with E-state index in [1.54, 1.807) is 49.4 Å². The minimum Gasteiger partial charge on any atom is -0.450 e. The number of ether oxygens (including phenoxy) is 3. The molecule has 0 radical (unpaired) electrons. The Morgan fingerprint density at radius 1 is 0.769 bits per heavy atom. The average molecular weight is 577 g/mol. The van der Waals surface area contributed by atoms with Crippen molar-refractivity contribution in [1.82, 2.24) is 0 Å². The second kappa shape index (κ2) is 11.9. The quantitative estimate of drug-likeness (QED) is 0.261. The first-order chi connectivity index (χ1) is 18.5. The van der Waals surface area contributed by atoms with Gasteiger partial charge in [0, 0.05) is 7.11 Å². The number of esters is 1. The number of rotatable bonds is 10. The van der Waals surface area contributed by atoms with Gasteiger partial charge in [-0.3, -0.25) is 8.37 Å². The fourth-order valence-electron chi connectivity index (χ4n) is 3.86. The van der Waals surface area contributed by atoms with Crippen molar-refractivity contribution in [2.45, 2.75) is 48.2 Å². The summed E-state index contributed by atoms with van der Waals surface area (Å²) in [5, 5.41) is 0. The SMILES string of the molecule is CO[C@@H]1O[C@H](COS(=O)(=O)c2ccc(C)cc2)[C@H](OS(=O)(=O)c2ccc(C)cc2)[C@@H]1OC(=O)c1ccccc1. The molecule has 0 spiro atoms. The van der Waals surface area contributed by atoms with E-state index >= 15 is 0 Å². The summed E-state index contributed by atoms with van der Waals surface area (Å²) in [6.07, 6.45) is -5.45. The first kappa shape index (κ1) is 28.9. The molecule has 0 aliphatic carbocycles. The number of hydrogen-bond acceptors (Lipinski definition) is 10. The summed E-state index contributed by atoms with van der Waals surface area (Å²) < 4.78 is 79.3. The molecule has 4 rings (SSSR count). The zero-order valence-corrected chi connectivity index (χ0v) is 23.1. The van der Waals surface area contributed by atoms with Gasteiger partial charge in [-0.15, -0.1) is 0 Å². The molecule has 10 nitrogen and oxygen atoms in total. The Hall–Kier alpha value is -3.13. The van der Waals surface area contributed by atoms with Gasteiger partial charge in [0.05, 0.1) is 22.0 Å². The lowest BCUT2D eigenvalue weighted by Gasteiger charge is -2.23. The molecule has 0 saturated carbocycles. The number of benzene rings is 3. The van der Waals surface area contributed by atoms with E-state index in [1.165, 1.54) is 43.5 Å². The van der Waals surface area contributed by atoms with Gasteiger partial charge in [0.15, 0.2) is 12.4 Å². The first-order valence-electron chi connectivity index (χ1n) is 11.9. The molecule has 4 atom stereocenters. The summed E-state index contributed by atoms with van der Waals surface area (Å²) in [7, 11) is -7.36. The normalized spacial score (nSPS) is 21.5. The molecule has 0 unspecified atom stereocenters. The summed E-state index contributed by atoms with van der Waals surface area (Å²) in [5.41, 5.74) is 1.89. The predicted molar refractivity (Wildman–Crippen MR) is 139 cm³/mol. The van der Waals surface area contributed by atoms with Crippen molar-refractivity contribution in [3.63, 3.8) is 0 Å². The molecule has 1 heterocycles. The van der Waals surface area contributed by atoms with Crippen LogP contribution in [0.5, 0.6) is 0 Å². The van der Waals surface area contributed by atoms with Crippen LogP contribution in [0.15, 0.2) is 88.7 Å². The van der Waals surface area contributed by atoms with Crippen molar-refractivity contribution >= 4 is 26.2 Å². The molecule has 0 bridgehead atoms. The zero-order valence-electron chi connectivity index (χ0n) is 21.4.